The second-order valence-corrected chi connectivity index (χ2v) is 8.37. The first-order chi connectivity index (χ1) is 15.8. The third-order valence-electron chi connectivity index (χ3n) is 6.32. The van der Waals surface area contributed by atoms with E-state index in [1.165, 1.54) is 18.7 Å². The summed E-state index contributed by atoms with van der Waals surface area (Å²) in [5.74, 6) is 0.377. The highest BCUT2D eigenvalue weighted by atomic mass is 19.4. The first-order valence-electron chi connectivity index (χ1n) is 10.8. The standard InChI is InChI=1S/C24H23F3N4O2/c1-33-18-8-4-7-16(11-18)19-12-21(24(25,26)27)31-22(28-19)13-20(29-31)23(32)30-10-9-15-5-2-3-6-17(15)14-30/h2-8,11,13,19,21,28H,9-10,12,14H2,1H3/t19-,21-/m1/s1. The van der Waals surface area contributed by atoms with Gasteiger partial charge in [-0.2, -0.15) is 18.3 Å². The molecule has 1 amide bonds. The van der Waals surface area contributed by atoms with Crippen molar-refractivity contribution in [3.8, 4) is 5.75 Å². The normalized spacial score (nSPS) is 19.9. The molecule has 3 heterocycles. The molecule has 2 aliphatic heterocycles. The molecule has 9 heteroatoms. The third-order valence-corrected chi connectivity index (χ3v) is 6.32. The Morgan fingerprint density at radius 2 is 1.91 bits per heavy atom. The molecule has 0 bridgehead atoms. The Morgan fingerprint density at radius 1 is 1.12 bits per heavy atom. The number of rotatable bonds is 3. The molecule has 0 fully saturated rings. The van der Waals surface area contributed by atoms with E-state index in [1.54, 1.807) is 29.2 Å². The molecular formula is C24H23F3N4O2. The number of aromatic nitrogens is 2. The van der Waals surface area contributed by atoms with Gasteiger partial charge in [0.1, 0.15) is 11.6 Å². The molecule has 2 aliphatic rings. The van der Waals surface area contributed by atoms with Crippen LogP contribution < -0.4 is 10.1 Å². The van der Waals surface area contributed by atoms with Crippen molar-refractivity contribution in [2.45, 2.75) is 37.6 Å². The molecule has 0 saturated carbocycles. The number of fused-ring (bicyclic) bond motifs is 2. The molecule has 172 valence electrons. The van der Waals surface area contributed by atoms with Crippen LogP contribution in [0, 0.1) is 0 Å². The largest absolute Gasteiger partial charge is 0.497 e. The summed E-state index contributed by atoms with van der Waals surface area (Å²) in [5, 5.41) is 7.24. The molecule has 1 N–H and O–H groups in total. The summed E-state index contributed by atoms with van der Waals surface area (Å²) >= 11 is 0. The first-order valence-corrected chi connectivity index (χ1v) is 10.8. The average Bonchev–Trinajstić information content (AvgIpc) is 3.26. The third kappa shape index (κ3) is 4.03. The minimum absolute atomic E-state index is 0.0115. The Morgan fingerprint density at radius 3 is 2.67 bits per heavy atom. The molecule has 3 aromatic rings. The number of carbonyl (C=O) groups is 1. The maximum atomic E-state index is 14.0. The Hall–Kier alpha value is -3.49. The van der Waals surface area contributed by atoms with Gasteiger partial charge >= 0.3 is 6.18 Å². The van der Waals surface area contributed by atoms with Crippen LogP contribution in [0.4, 0.5) is 19.0 Å². The van der Waals surface area contributed by atoms with E-state index in [0.717, 1.165) is 10.2 Å². The highest BCUT2D eigenvalue weighted by Gasteiger charge is 2.47. The van der Waals surface area contributed by atoms with E-state index in [4.69, 9.17) is 4.74 Å². The van der Waals surface area contributed by atoms with E-state index in [1.807, 2.05) is 24.3 Å². The lowest BCUT2D eigenvalue weighted by atomic mass is 9.97. The number of nitrogens with one attached hydrogen (secondary N) is 1. The predicted octanol–water partition coefficient (Wildman–Crippen LogP) is 4.75. The fourth-order valence-corrected chi connectivity index (χ4v) is 4.59. The number of carbonyl (C=O) groups excluding carboxylic acids is 1. The first kappa shape index (κ1) is 21.4. The number of halogens is 3. The van der Waals surface area contributed by atoms with Gasteiger partial charge in [0.05, 0.1) is 13.2 Å². The highest BCUT2D eigenvalue weighted by Crippen LogP contribution is 2.44. The fourth-order valence-electron chi connectivity index (χ4n) is 4.59. The summed E-state index contributed by atoms with van der Waals surface area (Å²) in [4.78, 5) is 14.8. The van der Waals surface area contributed by atoms with Crippen molar-refractivity contribution in [3.63, 3.8) is 0 Å². The van der Waals surface area contributed by atoms with Crippen LogP contribution in [0.15, 0.2) is 54.6 Å². The Kier molecular flexibility index (Phi) is 5.26. The lowest BCUT2D eigenvalue weighted by Gasteiger charge is -2.33. The number of methoxy groups -OCH3 is 1. The minimum atomic E-state index is -4.51. The molecule has 0 spiro atoms. The van der Waals surface area contributed by atoms with E-state index in [-0.39, 0.29) is 23.8 Å². The number of hydrogen-bond acceptors (Lipinski definition) is 4. The lowest BCUT2D eigenvalue weighted by Crippen LogP contribution is -2.37. The maximum Gasteiger partial charge on any atom is 0.410 e. The van der Waals surface area contributed by atoms with Gasteiger partial charge in [0.15, 0.2) is 11.7 Å². The number of anilines is 1. The molecule has 5 rings (SSSR count). The van der Waals surface area contributed by atoms with Crippen molar-refractivity contribution in [2.75, 3.05) is 19.0 Å². The van der Waals surface area contributed by atoms with Crippen molar-refractivity contribution in [2.24, 2.45) is 0 Å². The Bertz CT molecular complexity index is 1190. The van der Waals surface area contributed by atoms with E-state index < -0.39 is 18.3 Å². The molecule has 6 nitrogen and oxygen atoms in total. The molecular weight excluding hydrogens is 433 g/mol. The van der Waals surface area contributed by atoms with E-state index in [2.05, 4.69) is 10.4 Å². The van der Waals surface area contributed by atoms with Crippen molar-refractivity contribution < 1.29 is 22.7 Å². The predicted molar refractivity (Wildman–Crippen MR) is 116 cm³/mol. The summed E-state index contributed by atoms with van der Waals surface area (Å²) < 4.78 is 48.1. The number of ether oxygens (including phenoxy) is 1. The smallest absolute Gasteiger partial charge is 0.410 e. The van der Waals surface area contributed by atoms with Gasteiger partial charge < -0.3 is 15.0 Å². The van der Waals surface area contributed by atoms with Gasteiger partial charge in [-0.15, -0.1) is 0 Å². The molecule has 0 unspecified atom stereocenters. The fraction of sp³-hybridized carbons (Fsp3) is 0.333. The highest BCUT2D eigenvalue weighted by molar-refractivity contribution is 5.93. The Balaban J connectivity index is 1.44. The van der Waals surface area contributed by atoms with Crippen molar-refractivity contribution in [3.05, 3.63) is 77.0 Å². The van der Waals surface area contributed by atoms with Gasteiger partial charge in [-0.25, -0.2) is 4.68 Å². The SMILES string of the molecule is COc1cccc([C@H]2C[C@H](C(F)(F)F)n3nc(C(=O)N4CCc5ccccc5C4)cc3N2)c1. The summed E-state index contributed by atoms with van der Waals surface area (Å²) in [6.45, 7) is 0.917. The second-order valence-electron chi connectivity index (χ2n) is 8.37. The number of alkyl halides is 3. The van der Waals surface area contributed by atoms with E-state index in [0.29, 0.717) is 30.8 Å². The van der Waals surface area contributed by atoms with E-state index >= 15 is 0 Å². The summed E-state index contributed by atoms with van der Waals surface area (Å²) in [5.41, 5.74) is 2.92. The zero-order valence-corrected chi connectivity index (χ0v) is 18.0. The number of benzene rings is 2. The molecule has 2 atom stereocenters. The number of hydrogen-bond donors (Lipinski definition) is 1. The summed E-state index contributed by atoms with van der Waals surface area (Å²) in [7, 11) is 1.51. The van der Waals surface area contributed by atoms with Crippen LogP contribution in [0.25, 0.3) is 0 Å². The van der Waals surface area contributed by atoms with Crippen molar-refractivity contribution in [1.82, 2.24) is 14.7 Å². The zero-order chi connectivity index (χ0) is 23.2. The van der Waals surface area contributed by atoms with Gasteiger partial charge in [0.25, 0.3) is 5.91 Å². The van der Waals surface area contributed by atoms with Crippen LogP contribution in [0.3, 0.4) is 0 Å². The quantitative estimate of drug-likeness (QED) is 0.618. The average molecular weight is 456 g/mol. The second kappa shape index (κ2) is 8.13. The minimum Gasteiger partial charge on any atom is -0.497 e. The van der Waals surface area contributed by atoms with Gasteiger partial charge in [-0.05, 0) is 35.2 Å². The maximum absolute atomic E-state index is 14.0. The van der Waals surface area contributed by atoms with Gasteiger partial charge in [-0.1, -0.05) is 36.4 Å². The molecule has 1 aromatic heterocycles. The van der Waals surface area contributed by atoms with Crippen LogP contribution >= 0.6 is 0 Å². The summed E-state index contributed by atoms with van der Waals surface area (Å²) in [6.07, 6.45) is -4.04. The van der Waals surface area contributed by atoms with Crippen LogP contribution in [0.5, 0.6) is 5.75 Å². The molecule has 0 aliphatic carbocycles. The Labute approximate surface area is 189 Å². The van der Waals surface area contributed by atoms with Crippen molar-refractivity contribution >= 4 is 11.7 Å². The number of nitrogens with zero attached hydrogens (tertiary/aromatic N) is 3. The van der Waals surface area contributed by atoms with Crippen LogP contribution in [0.1, 0.15) is 45.7 Å². The van der Waals surface area contributed by atoms with E-state index in [9.17, 15) is 18.0 Å². The van der Waals surface area contributed by atoms with Gasteiger partial charge in [-0.3, -0.25) is 4.79 Å². The van der Waals surface area contributed by atoms with Gasteiger partial charge in [0.2, 0.25) is 0 Å². The zero-order valence-electron chi connectivity index (χ0n) is 18.0. The van der Waals surface area contributed by atoms with Crippen LogP contribution in [-0.4, -0.2) is 40.4 Å². The monoisotopic (exact) mass is 456 g/mol. The van der Waals surface area contributed by atoms with Crippen LogP contribution in [-0.2, 0) is 13.0 Å². The lowest BCUT2D eigenvalue weighted by molar-refractivity contribution is -0.173. The number of amides is 1. The van der Waals surface area contributed by atoms with Crippen molar-refractivity contribution in [1.29, 1.82) is 0 Å². The molecule has 0 radical (unpaired) electrons. The van der Waals surface area contributed by atoms with Crippen LogP contribution in [0.2, 0.25) is 0 Å². The molecule has 0 saturated heterocycles. The molecule has 2 aromatic carbocycles. The summed E-state index contributed by atoms with van der Waals surface area (Å²) in [6, 6.07) is 13.8. The topological polar surface area (TPSA) is 59.4 Å². The molecule has 33 heavy (non-hydrogen) atoms. The van der Waals surface area contributed by atoms with Gasteiger partial charge in [0, 0.05) is 25.6 Å².